The quantitative estimate of drug-likeness (QED) is 0.874. The molecule has 1 aromatic rings. The number of amides is 1. The molecule has 0 radical (unpaired) electrons. The van der Waals surface area contributed by atoms with Gasteiger partial charge in [0.15, 0.2) is 0 Å². The number of aryl methyl sites for hydroxylation is 1. The molecule has 1 heterocycles. The van der Waals surface area contributed by atoms with Crippen LogP contribution in [0.5, 0.6) is 0 Å². The smallest absolute Gasteiger partial charge is 0.223 e. The zero-order valence-electron chi connectivity index (χ0n) is 14.3. The lowest BCUT2D eigenvalue weighted by Crippen LogP contribution is -2.40. The molecule has 3 heteroatoms. The molecule has 1 N–H and O–H groups in total. The van der Waals surface area contributed by atoms with Crippen molar-refractivity contribution in [2.75, 3.05) is 19.6 Å². The van der Waals surface area contributed by atoms with Crippen molar-refractivity contribution in [3.05, 3.63) is 35.4 Å². The number of nitrogens with zero attached hydrogens (tertiary/aromatic N) is 1. The highest BCUT2D eigenvalue weighted by atomic mass is 16.1. The molecule has 122 valence electrons. The maximum absolute atomic E-state index is 12.2. The van der Waals surface area contributed by atoms with E-state index in [0.717, 1.165) is 45.4 Å². The number of rotatable bonds is 6. The van der Waals surface area contributed by atoms with E-state index < -0.39 is 0 Å². The minimum absolute atomic E-state index is 0.209. The van der Waals surface area contributed by atoms with E-state index in [9.17, 15) is 4.79 Å². The number of carbonyl (C=O) groups is 1. The second kappa shape index (κ2) is 8.33. The zero-order chi connectivity index (χ0) is 15.9. The third-order valence-corrected chi connectivity index (χ3v) is 4.63. The average Bonchev–Trinajstić information content (AvgIpc) is 2.50. The molecule has 0 bridgehead atoms. The highest BCUT2D eigenvalue weighted by Crippen LogP contribution is 2.20. The maximum Gasteiger partial charge on any atom is 0.223 e. The third kappa shape index (κ3) is 5.13. The van der Waals surface area contributed by atoms with Gasteiger partial charge in [0.25, 0.3) is 0 Å². The van der Waals surface area contributed by atoms with Gasteiger partial charge in [-0.05, 0) is 56.3 Å². The van der Waals surface area contributed by atoms with Crippen molar-refractivity contribution in [1.82, 2.24) is 10.2 Å². The van der Waals surface area contributed by atoms with E-state index in [4.69, 9.17) is 0 Å². The van der Waals surface area contributed by atoms with Crippen LogP contribution in [0.15, 0.2) is 24.3 Å². The van der Waals surface area contributed by atoms with E-state index in [1.165, 1.54) is 11.1 Å². The summed E-state index contributed by atoms with van der Waals surface area (Å²) in [6, 6.07) is 8.58. The van der Waals surface area contributed by atoms with Gasteiger partial charge in [0.05, 0.1) is 0 Å². The highest BCUT2D eigenvalue weighted by Gasteiger charge is 2.24. The number of hydrogen-bond acceptors (Lipinski definition) is 2. The first-order valence-electron chi connectivity index (χ1n) is 8.61. The Morgan fingerprint density at radius 3 is 2.59 bits per heavy atom. The molecule has 0 spiro atoms. The first kappa shape index (κ1) is 17.0. The molecule has 3 nitrogen and oxygen atoms in total. The Morgan fingerprint density at radius 2 is 1.95 bits per heavy atom. The van der Waals surface area contributed by atoms with Gasteiger partial charge in [-0.3, -0.25) is 9.69 Å². The number of carbonyl (C=O) groups excluding carboxylic acids is 1. The van der Waals surface area contributed by atoms with Crippen LogP contribution in [0.3, 0.4) is 0 Å². The predicted molar refractivity (Wildman–Crippen MR) is 91.6 cm³/mol. The lowest BCUT2D eigenvalue weighted by Gasteiger charge is -2.31. The van der Waals surface area contributed by atoms with Gasteiger partial charge in [0, 0.05) is 19.0 Å². The molecule has 1 saturated heterocycles. The van der Waals surface area contributed by atoms with Crippen LogP contribution in [0, 0.1) is 18.8 Å². The molecule has 0 aromatic heterocycles. The van der Waals surface area contributed by atoms with Crippen LogP contribution in [0.4, 0.5) is 0 Å². The number of hydrogen-bond donors (Lipinski definition) is 1. The Labute approximate surface area is 135 Å². The first-order chi connectivity index (χ1) is 10.6. The van der Waals surface area contributed by atoms with Gasteiger partial charge in [-0.1, -0.05) is 38.1 Å². The number of piperidine rings is 1. The SMILES string of the molecule is Cc1ccccc1CN1CCC(C(=O)NCCC(C)C)CC1. The molecular formula is C19H30N2O. The van der Waals surface area contributed by atoms with Crippen molar-refractivity contribution >= 4 is 5.91 Å². The molecule has 1 amide bonds. The molecule has 0 aliphatic carbocycles. The monoisotopic (exact) mass is 302 g/mol. The summed E-state index contributed by atoms with van der Waals surface area (Å²) < 4.78 is 0. The Balaban J connectivity index is 1.73. The molecule has 1 aliphatic rings. The lowest BCUT2D eigenvalue weighted by molar-refractivity contribution is -0.126. The van der Waals surface area contributed by atoms with Gasteiger partial charge < -0.3 is 5.32 Å². The van der Waals surface area contributed by atoms with Crippen LogP contribution in [-0.2, 0) is 11.3 Å². The minimum Gasteiger partial charge on any atom is -0.356 e. The summed E-state index contributed by atoms with van der Waals surface area (Å²) >= 11 is 0. The predicted octanol–water partition coefficient (Wildman–Crippen LogP) is 3.37. The normalized spacial score (nSPS) is 16.9. The molecule has 1 aromatic carbocycles. The molecule has 22 heavy (non-hydrogen) atoms. The lowest BCUT2D eigenvalue weighted by atomic mass is 9.95. The van der Waals surface area contributed by atoms with Crippen molar-refractivity contribution in [2.24, 2.45) is 11.8 Å². The maximum atomic E-state index is 12.2. The van der Waals surface area contributed by atoms with Gasteiger partial charge in [-0.25, -0.2) is 0 Å². The van der Waals surface area contributed by atoms with E-state index in [1.54, 1.807) is 0 Å². The topological polar surface area (TPSA) is 32.3 Å². The summed E-state index contributed by atoms with van der Waals surface area (Å²) in [6.07, 6.45) is 3.04. The Hall–Kier alpha value is -1.35. The summed E-state index contributed by atoms with van der Waals surface area (Å²) in [5, 5.41) is 3.10. The van der Waals surface area contributed by atoms with Gasteiger partial charge in [-0.15, -0.1) is 0 Å². The molecule has 1 fully saturated rings. The fraction of sp³-hybridized carbons (Fsp3) is 0.632. The number of likely N-dealkylation sites (tertiary alicyclic amines) is 1. The molecule has 0 saturated carbocycles. The summed E-state index contributed by atoms with van der Waals surface area (Å²) in [7, 11) is 0. The van der Waals surface area contributed by atoms with E-state index in [-0.39, 0.29) is 11.8 Å². The fourth-order valence-electron chi connectivity index (χ4n) is 3.01. The van der Waals surface area contributed by atoms with Crippen LogP contribution in [0.2, 0.25) is 0 Å². The van der Waals surface area contributed by atoms with E-state index in [0.29, 0.717) is 5.92 Å². The van der Waals surface area contributed by atoms with E-state index in [2.05, 4.69) is 55.3 Å². The second-order valence-corrected chi connectivity index (χ2v) is 6.95. The van der Waals surface area contributed by atoms with Gasteiger partial charge in [0.2, 0.25) is 5.91 Å². The van der Waals surface area contributed by atoms with Gasteiger partial charge in [-0.2, -0.15) is 0 Å². The summed E-state index contributed by atoms with van der Waals surface area (Å²) in [5.41, 5.74) is 2.76. The molecule has 0 atom stereocenters. The number of nitrogens with one attached hydrogen (secondary N) is 1. The third-order valence-electron chi connectivity index (χ3n) is 4.63. The Kier molecular flexibility index (Phi) is 6.44. The van der Waals surface area contributed by atoms with Crippen molar-refractivity contribution < 1.29 is 4.79 Å². The van der Waals surface area contributed by atoms with Crippen molar-refractivity contribution in [3.63, 3.8) is 0 Å². The Morgan fingerprint density at radius 1 is 1.27 bits per heavy atom. The zero-order valence-corrected chi connectivity index (χ0v) is 14.3. The molecule has 0 unspecified atom stereocenters. The summed E-state index contributed by atoms with van der Waals surface area (Å²) in [6.45, 7) is 10.4. The van der Waals surface area contributed by atoms with Crippen LogP contribution in [-0.4, -0.2) is 30.4 Å². The minimum atomic E-state index is 0.209. The standard InChI is InChI=1S/C19H30N2O/c1-15(2)8-11-20-19(22)17-9-12-21(13-10-17)14-18-7-5-4-6-16(18)3/h4-7,15,17H,8-14H2,1-3H3,(H,20,22). The fourth-order valence-corrected chi connectivity index (χ4v) is 3.01. The Bertz CT molecular complexity index is 476. The van der Waals surface area contributed by atoms with Crippen LogP contribution < -0.4 is 5.32 Å². The van der Waals surface area contributed by atoms with Crippen LogP contribution >= 0.6 is 0 Å². The summed E-state index contributed by atoms with van der Waals surface area (Å²) in [4.78, 5) is 14.6. The van der Waals surface area contributed by atoms with Gasteiger partial charge >= 0.3 is 0 Å². The molecular weight excluding hydrogens is 272 g/mol. The van der Waals surface area contributed by atoms with Crippen LogP contribution in [0.1, 0.15) is 44.2 Å². The van der Waals surface area contributed by atoms with E-state index >= 15 is 0 Å². The number of benzene rings is 1. The second-order valence-electron chi connectivity index (χ2n) is 6.95. The van der Waals surface area contributed by atoms with E-state index in [1.807, 2.05) is 0 Å². The molecule has 1 aliphatic heterocycles. The van der Waals surface area contributed by atoms with Crippen molar-refractivity contribution in [3.8, 4) is 0 Å². The highest BCUT2D eigenvalue weighted by molar-refractivity contribution is 5.78. The first-order valence-corrected chi connectivity index (χ1v) is 8.61. The summed E-state index contributed by atoms with van der Waals surface area (Å²) in [5.74, 6) is 1.12. The van der Waals surface area contributed by atoms with Crippen molar-refractivity contribution in [2.45, 2.75) is 46.6 Å². The molecule has 2 rings (SSSR count). The van der Waals surface area contributed by atoms with Crippen LogP contribution in [0.25, 0.3) is 0 Å². The largest absolute Gasteiger partial charge is 0.356 e. The average molecular weight is 302 g/mol. The van der Waals surface area contributed by atoms with Gasteiger partial charge in [0.1, 0.15) is 0 Å². The van der Waals surface area contributed by atoms with Crippen molar-refractivity contribution in [1.29, 1.82) is 0 Å².